The predicted molar refractivity (Wildman–Crippen MR) is 187 cm³/mol. The summed E-state index contributed by atoms with van der Waals surface area (Å²) >= 11 is 0. The van der Waals surface area contributed by atoms with Crippen LogP contribution >= 0.6 is 0 Å². The molecule has 0 spiro atoms. The van der Waals surface area contributed by atoms with Gasteiger partial charge in [0.1, 0.15) is 18.3 Å². The number of benzene rings is 4. The number of nitrogens with zero attached hydrogens (tertiary/aromatic N) is 2. The number of carbonyl (C=O) groups excluding carboxylic acids is 2. The molecule has 0 aliphatic rings. The summed E-state index contributed by atoms with van der Waals surface area (Å²) in [7, 11) is -2.62. The predicted octanol–water partition coefficient (Wildman–Crippen LogP) is 6.37. The van der Waals surface area contributed by atoms with Crippen LogP contribution in [-0.4, -0.2) is 50.4 Å². The third kappa shape index (κ3) is 9.23. The molecule has 2 amide bonds. The fraction of sp³-hybridized carbons (Fsp3) is 0.316. The van der Waals surface area contributed by atoms with Gasteiger partial charge in [-0.2, -0.15) is 0 Å². The van der Waals surface area contributed by atoms with Crippen LogP contribution in [0.1, 0.15) is 48.6 Å². The molecule has 0 saturated carbocycles. The van der Waals surface area contributed by atoms with Crippen LogP contribution in [0.25, 0.3) is 0 Å². The lowest BCUT2D eigenvalue weighted by Gasteiger charge is -2.35. The third-order valence-corrected chi connectivity index (χ3v) is 9.71. The molecule has 4 rings (SSSR count). The number of amides is 2. The summed E-state index contributed by atoms with van der Waals surface area (Å²) in [6.07, 6.45) is 0.229. The molecule has 4 aromatic carbocycles. The van der Waals surface area contributed by atoms with Gasteiger partial charge in [-0.1, -0.05) is 66.2 Å². The van der Waals surface area contributed by atoms with Gasteiger partial charge in [-0.05, 0) is 100 Å². The maximum absolute atomic E-state index is 14.7. The van der Waals surface area contributed by atoms with Crippen molar-refractivity contribution in [3.63, 3.8) is 0 Å². The van der Waals surface area contributed by atoms with Crippen molar-refractivity contribution in [2.75, 3.05) is 18.0 Å². The number of aryl methyl sites for hydroxylation is 3. The minimum absolute atomic E-state index is 0.0520. The Balaban J connectivity index is 1.84. The second kappa shape index (κ2) is 14.9. The minimum Gasteiger partial charge on any atom is -0.497 e. The van der Waals surface area contributed by atoms with Crippen molar-refractivity contribution in [2.24, 2.45) is 0 Å². The number of hydrogen-bond donors (Lipinski definition) is 1. The van der Waals surface area contributed by atoms with Gasteiger partial charge in [0, 0.05) is 18.5 Å². The Morgan fingerprint density at radius 1 is 0.809 bits per heavy atom. The molecule has 1 N–H and O–H groups in total. The van der Waals surface area contributed by atoms with Gasteiger partial charge in [-0.15, -0.1) is 0 Å². The topological polar surface area (TPSA) is 96.0 Å². The fourth-order valence-electron chi connectivity index (χ4n) is 5.22. The van der Waals surface area contributed by atoms with E-state index in [4.69, 9.17) is 4.74 Å². The highest BCUT2D eigenvalue weighted by Crippen LogP contribution is 2.27. The largest absolute Gasteiger partial charge is 0.497 e. The molecule has 0 bridgehead atoms. The van der Waals surface area contributed by atoms with E-state index in [1.165, 1.54) is 4.90 Å². The third-order valence-electron chi connectivity index (χ3n) is 7.92. The maximum Gasteiger partial charge on any atom is 0.264 e. The average molecular weight is 656 g/mol. The Morgan fingerprint density at radius 2 is 1.47 bits per heavy atom. The standard InChI is InChI=1S/C38H45N3O5S/c1-27-16-20-34(21-17-27)47(44,45)41(32-19-18-28(2)29(3)22-32)26-36(42)40(25-31-14-11-15-33(23-31)46-7)35(37(43)39-38(4,5)6)24-30-12-9-8-10-13-30/h8-23,35H,24-26H2,1-7H3,(H,39,43)/t35-/m1/s1. The molecule has 0 heterocycles. The van der Waals surface area contributed by atoms with E-state index in [0.717, 1.165) is 32.1 Å². The zero-order valence-corrected chi connectivity index (χ0v) is 29.1. The molecular formula is C38H45N3O5S. The van der Waals surface area contributed by atoms with Crippen LogP contribution in [0, 0.1) is 20.8 Å². The first kappa shape index (κ1) is 35.2. The van der Waals surface area contributed by atoms with E-state index >= 15 is 0 Å². The van der Waals surface area contributed by atoms with Gasteiger partial charge >= 0.3 is 0 Å². The van der Waals surface area contributed by atoms with E-state index in [1.54, 1.807) is 49.6 Å². The normalized spacial score (nSPS) is 12.2. The summed E-state index contributed by atoms with van der Waals surface area (Å²) in [5.74, 6) is -0.254. The second-order valence-electron chi connectivity index (χ2n) is 12.9. The summed E-state index contributed by atoms with van der Waals surface area (Å²) in [5, 5.41) is 3.05. The number of hydrogen-bond acceptors (Lipinski definition) is 5. The van der Waals surface area contributed by atoms with Crippen molar-refractivity contribution in [3.05, 3.63) is 125 Å². The molecule has 0 saturated heterocycles. The molecule has 0 aromatic heterocycles. The quantitative estimate of drug-likeness (QED) is 0.191. The van der Waals surface area contributed by atoms with Gasteiger partial charge in [0.2, 0.25) is 11.8 Å². The highest BCUT2D eigenvalue weighted by molar-refractivity contribution is 7.92. The van der Waals surface area contributed by atoms with Crippen molar-refractivity contribution in [1.29, 1.82) is 0 Å². The Labute approximate surface area is 279 Å². The Bertz CT molecular complexity index is 1800. The van der Waals surface area contributed by atoms with Crippen LogP contribution < -0.4 is 14.4 Å². The molecule has 4 aromatic rings. The summed E-state index contributed by atoms with van der Waals surface area (Å²) in [6.45, 7) is 10.9. The number of sulfonamides is 1. The molecule has 0 unspecified atom stereocenters. The minimum atomic E-state index is -4.18. The van der Waals surface area contributed by atoms with E-state index in [2.05, 4.69) is 5.32 Å². The van der Waals surface area contributed by atoms with E-state index < -0.39 is 34.1 Å². The molecule has 0 fully saturated rings. The lowest BCUT2D eigenvalue weighted by atomic mass is 10.0. The number of nitrogens with one attached hydrogen (secondary N) is 1. The van der Waals surface area contributed by atoms with Crippen molar-refractivity contribution in [1.82, 2.24) is 10.2 Å². The van der Waals surface area contributed by atoms with Crippen molar-refractivity contribution < 1.29 is 22.7 Å². The molecular weight excluding hydrogens is 611 g/mol. The second-order valence-corrected chi connectivity index (χ2v) is 14.8. The monoisotopic (exact) mass is 655 g/mol. The molecule has 248 valence electrons. The van der Waals surface area contributed by atoms with Gasteiger partial charge in [-0.25, -0.2) is 8.42 Å². The molecule has 0 aliphatic carbocycles. The number of rotatable bonds is 12. The van der Waals surface area contributed by atoms with Crippen LogP contribution in [0.5, 0.6) is 5.75 Å². The van der Waals surface area contributed by atoms with Crippen LogP contribution in [0.4, 0.5) is 5.69 Å². The number of carbonyl (C=O) groups is 2. The van der Waals surface area contributed by atoms with E-state index in [0.29, 0.717) is 11.4 Å². The number of methoxy groups -OCH3 is 1. The lowest BCUT2D eigenvalue weighted by molar-refractivity contribution is -0.140. The van der Waals surface area contributed by atoms with Crippen LogP contribution in [0.2, 0.25) is 0 Å². The van der Waals surface area contributed by atoms with Crippen LogP contribution in [0.3, 0.4) is 0 Å². The van der Waals surface area contributed by atoms with Crippen LogP contribution in [0.15, 0.2) is 102 Å². The van der Waals surface area contributed by atoms with E-state index in [9.17, 15) is 18.0 Å². The fourth-order valence-corrected chi connectivity index (χ4v) is 6.63. The molecule has 1 atom stereocenters. The Hall–Kier alpha value is -4.63. The first-order valence-corrected chi connectivity index (χ1v) is 17.1. The Morgan fingerprint density at radius 3 is 2.09 bits per heavy atom. The van der Waals surface area contributed by atoms with Gasteiger partial charge < -0.3 is 15.0 Å². The molecule has 47 heavy (non-hydrogen) atoms. The highest BCUT2D eigenvalue weighted by Gasteiger charge is 2.35. The summed E-state index contributed by atoms with van der Waals surface area (Å²) in [6, 6.07) is 27.7. The van der Waals surface area contributed by atoms with E-state index in [1.807, 2.05) is 96.1 Å². The van der Waals surface area contributed by atoms with Crippen LogP contribution in [-0.2, 0) is 32.6 Å². The van der Waals surface area contributed by atoms with Gasteiger partial charge in [0.25, 0.3) is 10.0 Å². The molecule has 9 heteroatoms. The SMILES string of the molecule is COc1cccc(CN(C(=O)CN(c2ccc(C)c(C)c2)S(=O)(=O)c2ccc(C)cc2)[C@H](Cc2ccccc2)C(=O)NC(C)(C)C)c1. The molecule has 0 aliphatic heterocycles. The zero-order valence-electron chi connectivity index (χ0n) is 28.3. The van der Waals surface area contributed by atoms with Crippen molar-refractivity contribution in [3.8, 4) is 5.75 Å². The summed E-state index contributed by atoms with van der Waals surface area (Å²) in [4.78, 5) is 30.3. The number of ether oxygens (including phenoxy) is 1. The summed E-state index contributed by atoms with van der Waals surface area (Å²) < 4.78 is 35.2. The van der Waals surface area contributed by atoms with Crippen molar-refractivity contribution in [2.45, 2.75) is 71.0 Å². The first-order valence-electron chi connectivity index (χ1n) is 15.6. The highest BCUT2D eigenvalue weighted by atomic mass is 32.2. The van der Waals surface area contributed by atoms with Gasteiger partial charge in [0.05, 0.1) is 17.7 Å². The molecule has 0 radical (unpaired) electrons. The summed E-state index contributed by atoms with van der Waals surface area (Å²) in [5.41, 5.74) is 4.18. The van der Waals surface area contributed by atoms with Gasteiger partial charge in [-0.3, -0.25) is 13.9 Å². The lowest BCUT2D eigenvalue weighted by Crippen LogP contribution is -2.56. The smallest absolute Gasteiger partial charge is 0.264 e. The Kier molecular flexibility index (Phi) is 11.1. The number of anilines is 1. The average Bonchev–Trinajstić information content (AvgIpc) is 3.02. The maximum atomic E-state index is 14.7. The van der Waals surface area contributed by atoms with Crippen molar-refractivity contribution >= 4 is 27.5 Å². The van der Waals surface area contributed by atoms with Gasteiger partial charge in [0.15, 0.2) is 0 Å². The first-order chi connectivity index (χ1) is 22.2. The van der Waals surface area contributed by atoms with E-state index in [-0.39, 0.29) is 23.8 Å². The zero-order chi connectivity index (χ0) is 34.4. The molecule has 8 nitrogen and oxygen atoms in total.